The molecule has 1 atom stereocenters. The molecular formula is C26H27N3O4S. The Balaban J connectivity index is 1.32. The zero-order valence-electron chi connectivity index (χ0n) is 18.9. The third-order valence-electron chi connectivity index (χ3n) is 5.93. The lowest BCUT2D eigenvalue weighted by molar-refractivity contribution is -0.121. The fourth-order valence-electron chi connectivity index (χ4n) is 3.99. The standard InChI is InChI=1S/C26H27N3O4S/c1-29(18-19-7-3-2-4-8-19)34(32,33)23-14-12-22(13-15-23)27-25(30)16-11-21-17-20-9-5-6-10-24(20)28-26(21)31/h2-10,12-15,21H,11,16-18H2,1H3,(H,27,30)(H,28,31)/t21-/m1/s1. The maximum absolute atomic E-state index is 12.9. The monoisotopic (exact) mass is 477 g/mol. The number of nitrogens with one attached hydrogen (secondary N) is 2. The fourth-order valence-corrected chi connectivity index (χ4v) is 5.15. The Morgan fingerprint density at radius 1 is 1.00 bits per heavy atom. The minimum atomic E-state index is -3.66. The van der Waals surface area contributed by atoms with Crippen LogP contribution in [0.15, 0.2) is 83.8 Å². The first-order valence-corrected chi connectivity index (χ1v) is 12.6. The van der Waals surface area contributed by atoms with E-state index in [4.69, 9.17) is 0 Å². The minimum Gasteiger partial charge on any atom is -0.326 e. The Bertz CT molecular complexity index is 1270. The van der Waals surface area contributed by atoms with Crippen LogP contribution in [0, 0.1) is 5.92 Å². The molecule has 34 heavy (non-hydrogen) atoms. The molecule has 0 spiro atoms. The van der Waals surface area contributed by atoms with Gasteiger partial charge in [-0.25, -0.2) is 8.42 Å². The average molecular weight is 478 g/mol. The molecule has 2 N–H and O–H groups in total. The summed E-state index contributed by atoms with van der Waals surface area (Å²) in [6.45, 7) is 0.265. The second kappa shape index (κ2) is 10.2. The number of carbonyl (C=O) groups excluding carboxylic acids is 2. The molecule has 1 aliphatic rings. The summed E-state index contributed by atoms with van der Waals surface area (Å²) >= 11 is 0. The van der Waals surface area contributed by atoms with Gasteiger partial charge in [0.1, 0.15) is 0 Å². The number of benzene rings is 3. The van der Waals surface area contributed by atoms with Crippen LogP contribution in [-0.4, -0.2) is 31.6 Å². The van der Waals surface area contributed by atoms with Gasteiger partial charge in [0.25, 0.3) is 0 Å². The van der Waals surface area contributed by atoms with Crippen LogP contribution < -0.4 is 10.6 Å². The van der Waals surface area contributed by atoms with Crippen molar-refractivity contribution in [3.8, 4) is 0 Å². The van der Waals surface area contributed by atoms with Gasteiger partial charge in [0.2, 0.25) is 21.8 Å². The molecule has 3 aromatic carbocycles. The van der Waals surface area contributed by atoms with E-state index in [0.29, 0.717) is 18.5 Å². The third-order valence-corrected chi connectivity index (χ3v) is 7.74. The van der Waals surface area contributed by atoms with E-state index in [1.807, 2.05) is 54.6 Å². The first kappa shape index (κ1) is 23.7. The quantitative estimate of drug-likeness (QED) is 0.512. The summed E-state index contributed by atoms with van der Waals surface area (Å²) in [6, 6.07) is 23.2. The molecule has 0 unspecified atom stereocenters. The summed E-state index contributed by atoms with van der Waals surface area (Å²) in [5, 5.41) is 5.68. The van der Waals surface area contributed by atoms with E-state index in [2.05, 4.69) is 10.6 Å². The summed E-state index contributed by atoms with van der Waals surface area (Å²) in [5.41, 5.74) is 3.31. The van der Waals surface area contributed by atoms with Gasteiger partial charge in [-0.05, 0) is 54.3 Å². The van der Waals surface area contributed by atoms with Gasteiger partial charge in [-0.2, -0.15) is 4.31 Å². The summed E-state index contributed by atoms with van der Waals surface area (Å²) in [5.74, 6) is -0.544. The van der Waals surface area contributed by atoms with Gasteiger partial charge in [0.05, 0.1) is 4.90 Å². The molecule has 0 radical (unpaired) electrons. The van der Waals surface area contributed by atoms with Crippen molar-refractivity contribution in [2.75, 3.05) is 17.7 Å². The van der Waals surface area contributed by atoms with Gasteiger partial charge in [0.15, 0.2) is 0 Å². The summed E-state index contributed by atoms with van der Waals surface area (Å²) < 4.78 is 27.0. The van der Waals surface area contributed by atoms with Crippen molar-refractivity contribution in [2.24, 2.45) is 5.92 Å². The number of anilines is 2. The van der Waals surface area contributed by atoms with E-state index in [1.165, 1.54) is 23.5 Å². The van der Waals surface area contributed by atoms with Crippen molar-refractivity contribution in [3.63, 3.8) is 0 Å². The highest BCUT2D eigenvalue weighted by molar-refractivity contribution is 7.89. The van der Waals surface area contributed by atoms with E-state index < -0.39 is 10.0 Å². The molecule has 8 heteroatoms. The van der Waals surface area contributed by atoms with Crippen LogP contribution in [0.3, 0.4) is 0 Å². The zero-order chi connectivity index (χ0) is 24.1. The Hall–Kier alpha value is -3.49. The van der Waals surface area contributed by atoms with Gasteiger partial charge in [0, 0.05) is 37.3 Å². The first-order chi connectivity index (χ1) is 16.3. The zero-order valence-corrected chi connectivity index (χ0v) is 19.7. The highest BCUT2D eigenvalue weighted by atomic mass is 32.2. The minimum absolute atomic E-state index is 0.0688. The number of hydrogen-bond acceptors (Lipinski definition) is 4. The molecule has 2 amide bonds. The smallest absolute Gasteiger partial charge is 0.243 e. The summed E-state index contributed by atoms with van der Waals surface area (Å²) in [4.78, 5) is 24.9. The fraction of sp³-hybridized carbons (Fsp3) is 0.231. The number of hydrogen-bond donors (Lipinski definition) is 2. The van der Waals surface area contributed by atoms with Crippen LogP contribution in [0.5, 0.6) is 0 Å². The van der Waals surface area contributed by atoms with E-state index in [1.54, 1.807) is 12.1 Å². The molecule has 0 saturated carbocycles. The second-order valence-electron chi connectivity index (χ2n) is 8.41. The number of nitrogens with zero attached hydrogens (tertiary/aromatic N) is 1. The van der Waals surface area contributed by atoms with Gasteiger partial charge >= 0.3 is 0 Å². The van der Waals surface area contributed by atoms with Gasteiger partial charge in [-0.1, -0.05) is 48.5 Å². The van der Waals surface area contributed by atoms with Gasteiger partial charge in [-0.3, -0.25) is 9.59 Å². The molecular weight excluding hydrogens is 450 g/mol. The predicted octanol–water partition coefficient (Wildman–Crippen LogP) is 4.04. The van der Waals surface area contributed by atoms with Crippen LogP contribution in [0.4, 0.5) is 11.4 Å². The molecule has 4 rings (SSSR count). The maximum Gasteiger partial charge on any atom is 0.243 e. The number of para-hydroxylation sites is 1. The Labute approximate surface area is 199 Å². The Kier molecular flexibility index (Phi) is 7.09. The van der Waals surface area contributed by atoms with Crippen molar-refractivity contribution in [2.45, 2.75) is 30.7 Å². The largest absolute Gasteiger partial charge is 0.326 e. The molecule has 0 aromatic heterocycles. The maximum atomic E-state index is 12.9. The molecule has 7 nitrogen and oxygen atoms in total. The van der Waals surface area contributed by atoms with Crippen LogP contribution in [0.1, 0.15) is 24.0 Å². The predicted molar refractivity (Wildman–Crippen MR) is 132 cm³/mol. The Morgan fingerprint density at radius 3 is 2.41 bits per heavy atom. The molecule has 0 fully saturated rings. The van der Waals surface area contributed by atoms with Crippen molar-refractivity contribution >= 4 is 33.2 Å². The van der Waals surface area contributed by atoms with Crippen LogP contribution in [0.2, 0.25) is 0 Å². The molecule has 0 saturated heterocycles. The van der Waals surface area contributed by atoms with E-state index >= 15 is 0 Å². The normalized spacial score (nSPS) is 15.5. The topological polar surface area (TPSA) is 95.6 Å². The van der Waals surface area contributed by atoms with E-state index in [-0.39, 0.29) is 35.6 Å². The van der Waals surface area contributed by atoms with E-state index in [0.717, 1.165) is 16.8 Å². The molecule has 3 aromatic rings. The van der Waals surface area contributed by atoms with Gasteiger partial charge in [-0.15, -0.1) is 0 Å². The molecule has 176 valence electrons. The first-order valence-electron chi connectivity index (χ1n) is 11.1. The number of rotatable bonds is 8. The lowest BCUT2D eigenvalue weighted by atomic mass is 9.89. The van der Waals surface area contributed by atoms with Crippen molar-refractivity contribution in [1.29, 1.82) is 0 Å². The number of carbonyl (C=O) groups is 2. The summed E-state index contributed by atoms with van der Waals surface area (Å²) in [6.07, 6.45) is 1.24. The lowest BCUT2D eigenvalue weighted by Crippen LogP contribution is -2.30. The number of sulfonamides is 1. The lowest BCUT2D eigenvalue weighted by Gasteiger charge is -2.24. The van der Waals surface area contributed by atoms with Crippen molar-refractivity contribution in [3.05, 3.63) is 90.0 Å². The van der Waals surface area contributed by atoms with Crippen LogP contribution in [0.25, 0.3) is 0 Å². The molecule has 0 aliphatic carbocycles. The van der Waals surface area contributed by atoms with Crippen molar-refractivity contribution in [1.82, 2.24) is 4.31 Å². The molecule has 0 bridgehead atoms. The number of amides is 2. The van der Waals surface area contributed by atoms with Gasteiger partial charge < -0.3 is 10.6 Å². The highest BCUT2D eigenvalue weighted by Crippen LogP contribution is 2.27. The molecule has 1 aliphatic heterocycles. The van der Waals surface area contributed by atoms with Crippen molar-refractivity contribution < 1.29 is 18.0 Å². The average Bonchev–Trinajstić information content (AvgIpc) is 2.83. The third kappa shape index (κ3) is 5.52. The van der Waals surface area contributed by atoms with Crippen LogP contribution in [-0.2, 0) is 32.6 Å². The van der Waals surface area contributed by atoms with E-state index in [9.17, 15) is 18.0 Å². The SMILES string of the molecule is CN(Cc1ccccc1)S(=O)(=O)c1ccc(NC(=O)CC[C@@H]2Cc3ccccc3NC2=O)cc1. The molecule has 1 heterocycles. The number of fused-ring (bicyclic) bond motifs is 1. The second-order valence-corrected chi connectivity index (χ2v) is 10.5. The highest BCUT2D eigenvalue weighted by Gasteiger charge is 2.26. The Morgan fingerprint density at radius 2 is 1.68 bits per heavy atom. The summed E-state index contributed by atoms with van der Waals surface area (Å²) in [7, 11) is -2.12. The van der Waals surface area contributed by atoms with Crippen LogP contribution >= 0.6 is 0 Å².